The number of aryl methyl sites for hydroxylation is 2. The molecule has 0 bridgehead atoms. The summed E-state index contributed by atoms with van der Waals surface area (Å²) in [6, 6.07) is 3.24. The standard InChI is InChI=1S/C12H14BrNO3S2/c1-7-6-10(9(3)17-7)8(2)14-19(15,16)12-11(13)4-5-18-12/h4-6,8,14H,1-3H3. The third-order valence-corrected chi connectivity index (χ3v) is 6.92. The van der Waals surface area contributed by atoms with Gasteiger partial charge in [-0.25, -0.2) is 13.1 Å². The summed E-state index contributed by atoms with van der Waals surface area (Å²) in [7, 11) is -3.52. The average Bonchev–Trinajstić information content (AvgIpc) is 2.84. The maximum Gasteiger partial charge on any atom is 0.251 e. The average molecular weight is 364 g/mol. The first kappa shape index (κ1) is 14.8. The van der Waals surface area contributed by atoms with Gasteiger partial charge in [-0.15, -0.1) is 11.3 Å². The van der Waals surface area contributed by atoms with Gasteiger partial charge in [0, 0.05) is 16.1 Å². The van der Waals surface area contributed by atoms with Crippen molar-refractivity contribution >= 4 is 37.3 Å². The normalized spacial score (nSPS) is 13.7. The van der Waals surface area contributed by atoms with Crippen LogP contribution in [0.4, 0.5) is 0 Å². The van der Waals surface area contributed by atoms with E-state index in [-0.39, 0.29) is 10.3 Å². The number of halogens is 1. The molecule has 4 nitrogen and oxygen atoms in total. The highest BCUT2D eigenvalue weighted by Gasteiger charge is 2.23. The van der Waals surface area contributed by atoms with Crippen LogP contribution in [0.2, 0.25) is 0 Å². The van der Waals surface area contributed by atoms with Crippen molar-refractivity contribution in [3.05, 3.63) is 39.1 Å². The zero-order valence-corrected chi connectivity index (χ0v) is 13.9. The van der Waals surface area contributed by atoms with Crippen LogP contribution >= 0.6 is 27.3 Å². The zero-order valence-electron chi connectivity index (χ0n) is 10.7. The van der Waals surface area contributed by atoms with E-state index in [9.17, 15) is 8.42 Å². The molecule has 0 aliphatic heterocycles. The molecule has 0 spiro atoms. The first-order valence-corrected chi connectivity index (χ1v) is 8.79. The van der Waals surface area contributed by atoms with Gasteiger partial charge in [0.1, 0.15) is 15.7 Å². The molecule has 0 saturated heterocycles. The number of furan rings is 1. The second kappa shape index (κ2) is 5.40. The molecule has 19 heavy (non-hydrogen) atoms. The molecule has 2 aromatic heterocycles. The second-order valence-corrected chi connectivity index (χ2v) is 7.95. The van der Waals surface area contributed by atoms with Crippen LogP contribution in [0.25, 0.3) is 0 Å². The van der Waals surface area contributed by atoms with Crippen LogP contribution in [0.3, 0.4) is 0 Å². The predicted molar refractivity (Wildman–Crippen MR) is 78.9 cm³/mol. The smallest absolute Gasteiger partial charge is 0.251 e. The maximum atomic E-state index is 12.3. The number of hydrogen-bond acceptors (Lipinski definition) is 4. The lowest BCUT2D eigenvalue weighted by Gasteiger charge is -2.13. The molecule has 104 valence electrons. The second-order valence-electron chi connectivity index (χ2n) is 4.27. The van der Waals surface area contributed by atoms with Gasteiger partial charge in [0.05, 0.1) is 0 Å². The van der Waals surface area contributed by atoms with Crippen LogP contribution in [0.1, 0.15) is 30.0 Å². The zero-order chi connectivity index (χ0) is 14.2. The van der Waals surface area contributed by atoms with Gasteiger partial charge in [-0.1, -0.05) is 0 Å². The molecule has 1 N–H and O–H groups in total. The lowest BCUT2D eigenvalue weighted by Crippen LogP contribution is -2.26. The van der Waals surface area contributed by atoms with Gasteiger partial charge in [0.2, 0.25) is 0 Å². The van der Waals surface area contributed by atoms with Gasteiger partial charge in [-0.2, -0.15) is 0 Å². The quantitative estimate of drug-likeness (QED) is 0.899. The van der Waals surface area contributed by atoms with E-state index in [1.807, 2.05) is 19.9 Å². The van der Waals surface area contributed by atoms with E-state index in [4.69, 9.17) is 4.42 Å². The summed E-state index contributed by atoms with van der Waals surface area (Å²) < 4.78 is 33.5. The summed E-state index contributed by atoms with van der Waals surface area (Å²) in [5.74, 6) is 1.51. The molecular formula is C12H14BrNO3S2. The Morgan fingerprint density at radius 3 is 2.58 bits per heavy atom. The highest BCUT2D eigenvalue weighted by molar-refractivity contribution is 9.10. The molecule has 0 amide bonds. The minimum Gasteiger partial charge on any atom is -0.466 e. The third-order valence-electron chi connectivity index (χ3n) is 2.71. The van der Waals surface area contributed by atoms with E-state index >= 15 is 0 Å². The first-order valence-electron chi connectivity index (χ1n) is 5.63. The molecule has 0 aliphatic carbocycles. The Labute approximate surface area is 125 Å². The molecule has 0 radical (unpaired) electrons. The van der Waals surface area contributed by atoms with Crippen LogP contribution in [0.15, 0.2) is 30.6 Å². The van der Waals surface area contributed by atoms with Crippen molar-refractivity contribution < 1.29 is 12.8 Å². The van der Waals surface area contributed by atoms with Crippen LogP contribution in [0, 0.1) is 13.8 Å². The topological polar surface area (TPSA) is 59.3 Å². The number of sulfonamides is 1. The summed E-state index contributed by atoms with van der Waals surface area (Å²) >= 11 is 4.42. The molecule has 0 saturated carbocycles. The monoisotopic (exact) mass is 363 g/mol. The SMILES string of the molecule is Cc1cc(C(C)NS(=O)(=O)c2sccc2Br)c(C)o1. The summed E-state index contributed by atoms with van der Waals surface area (Å²) in [6.07, 6.45) is 0. The molecule has 0 fully saturated rings. The van der Waals surface area contributed by atoms with Crippen molar-refractivity contribution in [2.75, 3.05) is 0 Å². The van der Waals surface area contributed by atoms with Crippen molar-refractivity contribution in [3.63, 3.8) is 0 Å². The Bertz CT molecular complexity index is 688. The van der Waals surface area contributed by atoms with Gasteiger partial charge in [-0.05, 0) is 54.2 Å². The van der Waals surface area contributed by atoms with E-state index in [2.05, 4.69) is 20.7 Å². The number of rotatable bonds is 4. The van der Waals surface area contributed by atoms with Crippen LogP contribution in [-0.2, 0) is 10.0 Å². The summed E-state index contributed by atoms with van der Waals surface area (Å²) in [6.45, 7) is 5.47. The molecule has 2 heterocycles. The van der Waals surface area contributed by atoms with Crippen molar-refractivity contribution in [1.82, 2.24) is 4.72 Å². The van der Waals surface area contributed by atoms with Crippen molar-refractivity contribution in [1.29, 1.82) is 0 Å². The summed E-state index contributed by atoms with van der Waals surface area (Å²) in [5.41, 5.74) is 0.855. The number of nitrogens with one attached hydrogen (secondary N) is 1. The summed E-state index contributed by atoms with van der Waals surface area (Å²) in [5, 5.41) is 1.73. The largest absolute Gasteiger partial charge is 0.466 e. The molecule has 7 heteroatoms. The third kappa shape index (κ3) is 3.10. The van der Waals surface area contributed by atoms with Crippen LogP contribution in [0.5, 0.6) is 0 Å². The fourth-order valence-corrected chi connectivity index (χ4v) is 5.48. The van der Waals surface area contributed by atoms with Crippen molar-refractivity contribution in [2.45, 2.75) is 31.0 Å². The maximum absolute atomic E-state index is 12.3. The molecule has 0 aromatic carbocycles. The van der Waals surface area contributed by atoms with Gasteiger partial charge >= 0.3 is 0 Å². The van der Waals surface area contributed by atoms with Gasteiger partial charge in [0.25, 0.3) is 10.0 Å². The molecule has 2 aromatic rings. The summed E-state index contributed by atoms with van der Waals surface area (Å²) in [4.78, 5) is 0. The highest BCUT2D eigenvalue weighted by Crippen LogP contribution is 2.29. The van der Waals surface area contributed by atoms with Crippen molar-refractivity contribution in [2.24, 2.45) is 0 Å². The Morgan fingerprint density at radius 2 is 2.11 bits per heavy atom. The van der Waals surface area contributed by atoms with E-state index in [1.165, 1.54) is 11.3 Å². The molecule has 0 aliphatic rings. The lowest BCUT2D eigenvalue weighted by atomic mass is 10.1. The van der Waals surface area contributed by atoms with Crippen LogP contribution < -0.4 is 4.72 Å². The van der Waals surface area contributed by atoms with E-state index < -0.39 is 10.0 Å². The Morgan fingerprint density at radius 1 is 1.42 bits per heavy atom. The highest BCUT2D eigenvalue weighted by atomic mass is 79.9. The minimum atomic E-state index is -3.52. The van der Waals surface area contributed by atoms with Gasteiger partial charge < -0.3 is 4.42 Å². The molecule has 2 rings (SSSR count). The predicted octanol–water partition coefficient (Wildman–Crippen LogP) is 3.76. The molecule has 1 atom stereocenters. The number of thiophene rings is 1. The van der Waals surface area contributed by atoms with Crippen LogP contribution in [-0.4, -0.2) is 8.42 Å². The molecule has 1 unspecified atom stereocenters. The Balaban J connectivity index is 2.26. The first-order chi connectivity index (χ1) is 8.81. The molecular weight excluding hydrogens is 350 g/mol. The van der Waals surface area contributed by atoms with Gasteiger partial charge in [-0.3, -0.25) is 0 Å². The fraction of sp³-hybridized carbons (Fsp3) is 0.333. The minimum absolute atomic E-state index is 0.289. The van der Waals surface area contributed by atoms with E-state index in [0.29, 0.717) is 4.47 Å². The van der Waals surface area contributed by atoms with E-state index in [1.54, 1.807) is 18.4 Å². The van der Waals surface area contributed by atoms with Gasteiger partial charge in [0.15, 0.2) is 0 Å². The van der Waals surface area contributed by atoms with Crippen molar-refractivity contribution in [3.8, 4) is 0 Å². The Hall–Kier alpha value is -0.630. The number of hydrogen-bond donors (Lipinski definition) is 1. The lowest BCUT2D eigenvalue weighted by molar-refractivity contribution is 0.496. The Kier molecular flexibility index (Phi) is 4.20. The van der Waals surface area contributed by atoms with E-state index in [0.717, 1.165) is 17.1 Å². The fourth-order valence-electron chi connectivity index (χ4n) is 1.90.